The average molecular weight is 300 g/mol. The monoisotopic (exact) mass is 299 g/mol. The molecule has 0 radical (unpaired) electrons. The zero-order valence-electron chi connectivity index (χ0n) is 10.1. The predicted octanol–water partition coefficient (Wildman–Crippen LogP) is 5.14. The van der Waals surface area contributed by atoms with Crippen molar-refractivity contribution in [2.45, 2.75) is 19.4 Å². The summed E-state index contributed by atoms with van der Waals surface area (Å²) in [4.78, 5) is 1.26. The van der Waals surface area contributed by atoms with Gasteiger partial charge in [0.05, 0.1) is 16.1 Å². The van der Waals surface area contributed by atoms with E-state index in [1.807, 2.05) is 18.2 Å². The van der Waals surface area contributed by atoms with Crippen LogP contribution in [0.3, 0.4) is 0 Å². The summed E-state index contributed by atoms with van der Waals surface area (Å²) in [5.74, 6) is 0. The van der Waals surface area contributed by atoms with Gasteiger partial charge < -0.3 is 5.32 Å². The lowest BCUT2D eigenvalue weighted by Crippen LogP contribution is -2.22. The summed E-state index contributed by atoms with van der Waals surface area (Å²) < 4.78 is 0. The summed E-state index contributed by atoms with van der Waals surface area (Å²) in [6, 6.07) is 10.1. The summed E-state index contributed by atoms with van der Waals surface area (Å²) >= 11 is 14.1. The molecule has 0 saturated heterocycles. The first-order valence-electron chi connectivity index (χ1n) is 5.94. The van der Waals surface area contributed by atoms with Crippen LogP contribution in [0.5, 0.6) is 0 Å². The van der Waals surface area contributed by atoms with Gasteiger partial charge in [-0.25, -0.2) is 0 Å². The minimum absolute atomic E-state index is 0.121. The van der Waals surface area contributed by atoms with Crippen molar-refractivity contribution in [2.24, 2.45) is 0 Å². The van der Waals surface area contributed by atoms with E-state index in [0.717, 1.165) is 18.5 Å². The van der Waals surface area contributed by atoms with Gasteiger partial charge in [0.1, 0.15) is 0 Å². The molecule has 1 aromatic carbocycles. The Morgan fingerprint density at radius 3 is 2.72 bits per heavy atom. The second-order valence-electron chi connectivity index (χ2n) is 4.05. The molecular formula is C14H15Cl2NS. The zero-order valence-corrected chi connectivity index (χ0v) is 12.4. The van der Waals surface area contributed by atoms with Crippen LogP contribution in [0.1, 0.15) is 29.8 Å². The molecule has 96 valence electrons. The van der Waals surface area contributed by atoms with E-state index in [4.69, 9.17) is 23.2 Å². The summed E-state index contributed by atoms with van der Waals surface area (Å²) in [5.41, 5.74) is 1.04. The quantitative estimate of drug-likeness (QED) is 0.805. The molecule has 2 aromatic rings. The van der Waals surface area contributed by atoms with Crippen molar-refractivity contribution < 1.29 is 0 Å². The highest BCUT2D eigenvalue weighted by Gasteiger charge is 2.18. The van der Waals surface area contributed by atoms with Crippen molar-refractivity contribution in [1.29, 1.82) is 0 Å². The molecule has 1 heterocycles. The molecule has 4 heteroatoms. The fourth-order valence-corrected chi connectivity index (χ4v) is 3.09. The van der Waals surface area contributed by atoms with Gasteiger partial charge in [0.15, 0.2) is 0 Å². The van der Waals surface area contributed by atoms with Crippen molar-refractivity contribution in [3.8, 4) is 0 Å². The smallest absolute Gasteiger partial charge is 0.0686 e. The fourth-order valence-electron chi connectivity index (χ4n) is 1.85. The number of nitrogens with one attached hydrogen (secondary N) is 1. The molecule has 0 fully saturated rings. The van der Waals surface area contributed by atoms with E-state index in [0.29, 0.717) is 10.0 Å². The van der Waals surface area contributed by atoms with Gasteiger partial charge >= 0.3 is 0 Å². The first kappa shape index (κ1) is 13.9. The highest BCUT2D eigenvalue weighted by molar-refractivity contribution is 7.10. The van der Waals surface area contributed by atoms with Gasteiger partial charge in [-0.05, 0) is 36.0 Å². The normalized spacial score (nSPS) is 12.6. The first-order chi connectivity index (χ1) is 8.74. The first-order valence-corrected chi connectivity index (χ1v) is 7.58. The molecule has 0 aliphatic heterocycles. The van der Waals surface area contributed by atoms with E-state index >= 15 is 0 Å². The molecule has 0 aliphatic carbocycles. The topological polar surface area (TPSA) is 12.0 Å². The van der Waals surface area contributed by atoms with Gasteiger partial charge in [-0.2, -0.15) is 0 Å². The number of hydrogen-bond acceptors (Lipinski definition) is 2. The third-order valence-corrected chi connectivity index (χ3v) is 4.49. The van der Waals surface area contributed by atoms with Crippen molar-refractivity contribution in [1.82, 2.24) is 5.32 Å². The second kappa shape index (κ2) is 6.58. The second-order valence-corrected chi connectivity index (χ2v) is 5.81. The molecule has 0 saturated carbocycles. The van der Waals surface area contributed by atoms with Gasteiger partial charge in [-0.1, -0.05) is 48.3 Å². The van der Waals surface area contributed by atoms with Crippen LogP contribution in [0.15, 0.2) is 35.7 Å². The molecule has 2 rings (SSSR count). The van der Waals surface area contributed by atoms with Crippen LogP contribution in [0.25, 0.3) is 0 Å². The van der Waals surface area contributed by atoms with Crippen molar-refractivity contribution in [2.75, 3.05) is 6.54 Å². The summed E-state index contributed by atoms with van der Waals surface area (Å²) in [6.45, 7) is 3.10. The number of halogens is 2. The zero-order chi connectivity index (χ0) is 13.0. The van der Waals surface area contributed by atoms with Crippen molar-refractivity contribution in [3.63, 3.8) is 0 Å². The maximum Gasteiger partial charge on any atom is 0.0686 e. The van der Waals surface area contributed by atoms with Crippen LogP contribution >= 0.6 is 34.5 Å². The molecule has 1 aromatic heterocycles. The van der Waals surface area contributed by atoms with Gasteiger partial charge in [-0.3, -0.25) is 0 Å². The van der Waals surface area contributed by atoms with Gasteiger partial charge in [0, 0.05) is 4.88 Å². The summed E-state index contributed by atoms with van der Waals surface area (Å²) in [7, 11) is 0. The maximum atomic E-state index is 6.32. The van der Waals surface area contributed by atoms with Gasteiger partial charge in [0.2, 0.25) is 0 Å². The fraction of sp³-hybridized carbons (Fsp3) is 0.286. The van der Waals surface area contributed by atoms with E-state index in [-0.39, 0.29) is 6.04 Å². The molecular weight excluding hydrogens is 285 g/mol. The molecule has 0 amide bonds. The minimum Gasteiger partial charge on any atom is -0.306 e. The Kier molecular flexibility index (Phi) is 5.07. The Balaban J connectivity index is 2.37. The lowest BCUT2D eigenvalue weighted by Gasteiger charge is -2.19. The van der Waals surface area contributed by atoms with E-state index in [1.54, 1.807) is 11.3 Å². The Morgan fingerprint density at radius 1 is 1.22 bits per heavy atom. The highest BCUT2D eigenvalue weighted by Crippen LogP contribution is 2.34. The maximum absolute atomic E-state index is 6.32. The lowest BCUT2D eigenvalue weighted by molar-refractivity contribution is 0.606. The Hall–Kier alpha value is -0.540. The van der Waals surface area contributed by atoms with Crippen molar-refractivity contribution in [3.05, 3.63) is 56.2 Å². The van der Waals surface area contributed by atoms with Crippen LogP contribution in [0, 0.1) is 0 Å². The van der Waals surface area contributed by atoms with E-state index in [1.165, 1.54) is 4.88 Å². The highest BCUT2D eigenvalue weighted by atomic mass is 35.5. The van der Waals surface area contributed by atoms with Crippen LogP contribution in [-0.2, 0) is 0 Å². The van der Waals surface area contributed by atoms with Crippen LogP contribution in [0.2, 0.25) is 10.0 Å². The average Bonchev–Trinajstić information content (AvgIpc) is 2.88. The number of hydrogen-bond donors (Lipinski definition) is 1. The molecule has 0 bridgehead atoms. The Morgan fingerprint density at radius 2 is 2.06 bits per heavy atom. The number of rotatable bonds is 5. The van der Waals surface area contributed by atoms with E-state index in [2.05, 4.69) is 29.8 Å². The summed E-state index contributed by atoms with van der Waals surface area (Å²) in [6.07, 6.45) is 1.08. The van der Waals surface area contributed by atoms with Crippen molar-refractivity contribution >= 4 is 34.5 Å². The molecule has 1 atom stereocenters. The Bertz CT molecular complexity index is 497. The standard InChI is InChI=1S/C14H15Cl2NS/c1-2-8-17-14(12-7-4-9-18-12)10-5-3-6-11(15)13(10)16/h3-7,9,14,17H,2,8H2,1H3. The van der Waals surface area contributed by atoms with Crippen LogP contribution in [0.4, 0.5) is 0 Å². The molecule has 1 unspecified atom stereocenters. The summed E-state index contributed by atoms with van der Waals surface area (Å²) in [5, 5.41) is 6.85. The predicted molar refractivity (Wildman–Crippen MR) is 80.9 cm³/mol. The molecule has 1 nitrogen and oxygen atoms in total. The third-order valence-electron chi connectivity index (χ3n) is 2.72. The SMILES string of the molecule is CCCNC(c1cccs1)c1cccc(Cl)c1Cl. The number of thiophene rings is 1. The van der Waals surface area contributed by atoms with Crippen LogP contribution < -0.4 is 5.32 Å². The number of benzene rings is 1. The minimum atomic E-state index is 0.121. The lowest BCUT2D eigenvalue weighted by atomic mass is 10.1. The van der Waals surface area contributed by atoms with Gasteiger partial charge in [0.25, 0.3) is 0 Å². The van der Waals surface area contributed by atoms with E-state index in [9.17, 15) is 0 Å². The largest absolute Gasteiger partial charge is 0.306 e. The Labute approximate surface area is 122 Å². The van der Waals surface area contributed by atoms with Crippen LogP contribution in [-0.4, -0.2) is 6.54 Å². The molecule has 0 aliphatic rings. The molecule has 1 N–H and O–H groups in total. The third kappa shape index (κ3) is 3.07. The van der Waals surface area contributed by atoms with E-state index < -0.39 is 0 Å². The van der Waals surface area contributed by atoms with Gasteiger partial charge in [-0.15, -0.1) is 11.3 Å². The molecule has 0 spiro atoms. The molecule has 18 heavy (non-hydrogen) atoms.